The molecule has 1 heterocycles. The van der Waals surface area contributed by atoms with Crippen LogP contribution in [0.4, 0.5) is 0 Å². The van der Waals surface area contributed by atoms with Crippen LogP contribution in [0.1, 0.15) is 25.0 Å². The van der Waals surface area contributed by atoms with Gasteiger partial charge in [-0.25, -0.2) is 0 Å². The standard InChI is InChI=1S/C11H14ClNO2/c12-6-5-11(14)13(9-3-4-9)8-10-2-1-7-15-10/h1-2,7,9H,3-6,8H2. The largest absolute Gasteiger partial charge is 0.467 e. The Balaban J connectivity index is 1.97. The lowest BCUT2D eigenvalue weighted by Crippen LogP contribution is -2.32. The van der Waals surface area contributed by atoms with Gasteiger partial charge in [-0.2, -0.15) is 0 Å². The van der Waals surface area contributed by atoms with E-state index < -0.39 is 0 Å². The van der Waals surface area contributed by atoms with Crippen LogP contribution in [-0.4, -0.2) is 22.7 Å². The van der Waals surface area contributed by atoms with E-state index >= 15 is 0 Å². The monoisotopic (exact) mass is 227 g/mol. The predicted molar refractivity (Wildman–Crippen MR) is 57.6 cm³/mol. The fourth-order valence-corrected chi connectivity index (χ4v) is 1.76. The Morgan fingerprint density at radius 2 is 2.40 bits per heavy atom. The van der Waals surface area contributed by atoms with E-state index in [0.29, 0.717) is 24.9 Å². The Morgan fingerprint density at radius 3 is 2.93 bits per heavy atom. The van der Waals surface area contributed by atoms with Crippen molar-refractivity contribution in [3.63, 3.8) is 0 Å². The zero-order valence-electron chi connectivity index (χ0n) is 8.49. The average molecular weight is 228 g/mol. The highest BCUT2D eigenvalue weighted by Crippen LogP contribution is 2.29. The normalized spacial score (nSPS) is 15.3. The van der Waals surface area contributed by atoms with E-state index in [1.165, 1.54) is 0 Å². The molecule has 0 aliphatic heterocycles. The molecule has 3 nitrogen and oxygen atoms in total. The molecule has 4 heteroatoms. The van der Waals surface area contributed by atoms with Gasteiger partial charge in [0.1, 0.15) is 5.76 Å². The molecule has 0 radical (unpaired) electrons. The highest BCUT2D eigenvalue weighted by Gasteiger charge is 2.32. The molecule has 2 rings (SSSR count). The van der Waals surface area contributed by atoms with Crippen LogP contribution in [-0.2, 0) is 11.3 Å². The van der Waals surface area contributed by atoms with Crippen molar-refractivity contribution < 1.29 is 9.21 Å². The molecule has 0 saturated heterocycles. The van der Waals surface area contributed by atoms with Crippen molar-refractivity contribution in [3.8, 4) is 0 Å². The topological polar surface area (TPSA) is 33.5 Å². The highest BCUT2D eigenvalue weighted by molar-refractivity contribution is 6.18. The predicted octanol–water partition coefficient (Wildman–Crippen LogP) is 2.40. The van der Waals surface area contributed by atoms with Crippen LogP contribution in [0.15, 0.2) is 22.8 Å². The second kappa shape index (κ2) is 4.71. The third-order valence-corrected chi connectivity index (χ3v) is 2.71. The molecule has 82 valence electrons. The van der Waals surface area contributed by atoms with Gasteiger partial charge in [-0.15, -0.1) is 11.6 Å². The third-order valence-electron chi connectivity index (χ3n) is 2.52. The first kappa shape index (κ1) is 10.6. The van der Waals surface area contributed by atoms with Crippen LogP contribution >= 0.6 is 11.6 Å². The van der Waals surface area contributed by atoms with Crippen LogP contribution in [0.5, 0.6) is 0 Å². The lowest BCUT2D eigenvalue weighted by molar-refractivity contribution is -0.132. The number of rotatable bonds is 5. The van der Waals surface area contributed by atoms with Crippen LogP contribution < -0.4 is 0 Å². The number of carbonyl (C=O) groups excluding carboxylic acids is 1. The number of carbonyl (C=O) groups is 1. The van der Waals surface area contributed by atoms with E-state index in [9.17, 15) is 4.79 Å². The van der Waals surface area contributed by atoms with Gasteiger partial charge in [0.25, 0.3) is 0 Å². The molecule has 0 aromatic carbocycles. The first-order chi connectivity index (χ1) is 7.31. The van der Waals surface area contributed by atoms with Gasteiger partial charge in [0.15, 0.2) is 0 Å². The fourth-order valence-electron chi connectivity index (χ4n) is 1.60. The summed E-state index contributed by atoms with van der Waals surface area (Å²) in [6, 6.07) is 4.14. The van der Waals surface area contributed by atoms with Crippen LogP contribution in [0.25, 0.3) is 0 Å². The summed E-state index contributed by atoms with van der Waals surface area (Å²) in [4.78, 5) is 13.6. The van der Waals surface area contributed by atoms with Gasteiger partial charge >= 0.3 is 0 Å². The summed E-state index contributed by atoms with van der Waals surface area (Å²) in [5.74, 6) is 1.36. The number of furan rings is 1. The van der Waals surface area contributed by atoms with Crippen LogP contribution in [0.3, 0.4) is 0 Å². The zero-order chi connectivity index (χ0) is 10.7. The van der Waals surface area contributed by atoms with E-state index in [0.717, 1.165) is 18.6 Å². The molecular weight excluding hydrogens is 214 g/mol. The minimum Gasteiger partial charge on any atom is -0.467 e. The minimum atomic E-state index is 0.129. The minimum absolute atomic E-state index is 0.129. The van der Waals surface area contributed by atoms with E-state index in [4.69, 9.17) is 16.0 Å². The van der Waals surface area contributed by atoms with Crippen molar-refractivity contribution in [2.45, 2.75) is 31.8 Å². The number of nitrogens with zero attached hydrogens (tertiary/aromatic N) is 1. The summed E-state index contributed by atoms with van der Waals surface area (Å²) in [6.45, 7) is 0.577. The molecule has 0 N–H and O–H groups in total. The second-order valence-corrected chi connectivity index (χ2v) is 4.15. The fraction of sp³-hybridized carbons (Fsp3) is 0.545. The van der Waals surface area contributed by atoms with Crippen molar-refractivity contribution in [1.82, 2.24) is 4.90 Å². The maximum atomic E-state index is 11.8. The van der Waals surface area contributed by atoms with Crippen molar-refractivity contribution in [1.29, 1.82) is 0 Å². The summed E-state index contributed by atoms with van der Waals surface area (Å²) in [5, 5.41) is 0. The lowest BCUT2D eigenvalue weighted by atomic mass is 10.3. The summed E-state index contributed by atoms with van der Waals surface area (Å²) in [6.07, 6.45) is 4.26. The van der Waals surface area contributed by atoms with Gasteiger partial charge in [-0.1, -0.05) is 0 Å². The van der Waals surface area contributed by atoms with Crippen LogP contribution in [0, 0.1) is 0 Å². The molecule has 0 unspecified atom stereocenters. The quantitative estimate of drug-likeness (QED) is 0.724. The smallest absolute Gasteiger partial charge is 0.224 e. The number of hydrogen-bond donors (Lipinski definition) is 0. The van der Waals surface area contributed by atoms with Gasteiger partial charge in [0.2, 0.25) is 5.91 Å². The number of hydrogen-bond acceptors (Lipinski definition) is 2. The maximum Gasteiger partial charge on any atom is 0.224 e. The molecule has 1 aromatic heterocycles. The molecule has 1 aliphatic carbocycles. The van der Waals surface area contributed by atoms with E-state index in [-0.39, 0.29) is 5.91 Å². The van der Waals surface area contributed by atoms with Crippen molar-refractivity contribution >= 4 is 17.5 Å². The summed E-state index contributed by atoms with van der Waals surface area (Å²) in [7, 11) is 0. The van der Waals surface area contributed by atoms with Crippen molar-refractivity contribution in [2.75, 3.05) is 5.88 Å². The van der Waals surface area contributed by atoms with Crippen LogP contribution in [0.2, 0.25) is 0 Å². The Bertz CT molecular complexity index is 319. The molecule has 1 amide bonds. The molecule has 1 saturated carbocycles. The Kier molecular flexibility index (Phi) is 3.31. The summed E-state index contributed by atoms with van der Waals surface area (Å²) < 4.78 is 5.24. The second-order valence-electron chi connectivity index (χ2n) is 3.77. The Hall–Kier alpha value is -0.960. The molecule has 0 atom stereocenters. The first-order valence-corrected chi connectivity index (χ1v) is 5.72. The number of halogens is 1. The molecule has 0 bridgehead atoms. The van der Waals surface area contributed by atoms with Crippen molar-refractivity contribution in [3.05, 3.63) is 24.2 Å². The summed E-state index contributed by atoms with van der Waals surface area (Å²) >= 11 is 5.58. The molecule has 0 spiro atoms. The zero-order valence-corrected chi connectivity index (χ0v) is 9.24. The Labute approximate surface area is 94.0 Å². The van der Waals surface area contributed by atoms with E-state index in [1.807, 2.05) is 17.0 Å². The summed E-state index contributed by atoms with van der Waals surface area (Å²) in [5.41, 5.74) is 0. The lowest BCUT2D eigenvalue weighted by Gasteiger charge is -2.20. The molecule has 15 heavy (non-hydrogen) atoms. The number of amides is 1. The number of alkyl halides is 1. The van der Waals surface area contributed by atoms with E-state index in [1.54, 1.807) is 6.26 Å². The highest BCUT2D eigenvalue weighted by atomic mass is 35.5. The molecule has 1 aliphatic rings. The van der Waals surface area contributed by atoms with Gasteiger partial charge in [0.05, 0.1) is 12.8 Å². The van der Waals surface area contributed by atoms with E-state index in [2.05, 4.69) is 0 Å². The SMILES string of the molecule is O=C(CCCl)N(Cc1ccco1)C1CC1. The van der Waals surface area contributed by atoms with Gasteiger partial charge in [-0.05, 0) is 25.0 Å². The third kappa shape index (κ3) is 2.75. The average Bonchev–Trinajstić information content (AvgIpc) is 2.93. The van der Waals surface area contributed by atoms with Gasteiger partial charge in [0, 0.05) is 18.3 Å². The van der Waals surface area contributed by atoms with Gasteiger partial charge < -0.3 is 9.32 Å². The molecular formula is C11H14ClNO2. The Morgan fingerprint density at radius 1 is 1.60 bits per heavy atom. The van der Waals surface area contributed by atoms with Crippen molar-refractivity contribution in [2.24, 2.45) is 0 Å². The molecule has 1 fully saturated rings. The first-order valence-electron chi connectivity index (χ1n) is 5.19. The van der Waals surface area contributed by atoms with Gasteiger partial charge in [-0.3, -0.25) is 4.79 Å². The molecule has 1 aromatic rings. The maximum absolute atomic E-state index is 11.8.